The first-order chi connectivity index (χ1) is 16.1. The Kier molecular flexibility index (Phi) is 9.07. The van der Waals surface area contributed by atoms with Gasteiger partial charge in [-0.3, -0.25) is 9.36 Å². The highest BCUT2D eigenvalue weighted by molar-refractivity contribution is 7.53. The Morgan fingerprint density at radius 2 is 1.50 bits per heavy atom. The van der Waals surface area contributed by atoms with E-state index in [0.29, 0.717) is 19.4 Å². The third kappa shape index (κ3) is 7.00. The van der Waals surface area contributed by atoms with Gasteiger partial charge >= 0.3 is 7.60 Å². The van der Waals surface area contributed by atoms with E-state index in [9.17, 15) is 19.1 Å². The van der Waals surface area contributed by atoms with Crippen molar-refractivity contribution in [2.75, 3.05) is 6.61 Å². The zero-order chi connectivity index (χ0) is 24.7. The highest BCUT2D eigenvalue weighted by Gasteiger charge is 2.50. The smallest absolute Gasteiger partial charge is 0.350 e. The van der Waals surface area contributed by atoms with Crippen molar-refractivity contribution in [3.8, 4) is 0 Å². The summed E-state index contributed by atoms with van der Waals surface area (Å²) < 4.78 is 24.5. The summed E-state index contributed by atoms with van der Waals surface area (Å²) in [6, 6.07) is 19.3. The Balaban J connectivity index is 1.76. The van der Waals surface area contributed by atoms with Gasteiger partial charge < -0.3 is 24.6 Å². The number of nitrogens with one attached hydrogen (secondary N) is 1. The molecule has 0 saturated heterocycles. The van der Waals surface area contributed by atoms with Crippen molar-refractivity contribution in [3.63, 3.8) is 0 Å². The van der Waals surface area contributed by atoms with Gasteiger partial charge in [0.15, 0.2) is 0 Å². The monoisotopic (exact) mass is 489 g/mol. The summed E-state index contributed by atoms with van der Waals surface area (Å²) in [5, 5.41) is 1.20. The fourth-order valence-corrected chi connectivity index (χ4v) is 5.57. The number of carbonyl (C=O) groups excluding carboxylic acids is 1. The zero-order valence-corrected chi connectivity index (χ0v) is 20.9. The second-order valence-corrected chi connectivity index (χ2v) is 11.7. The Morgan fingerprint density at radius 1 is 0.971 bits per heavy atom. The molecule has 1 aliphatic carbocycles. The molecule has 1 fully saturated rings. The number of ether oxygens (including phenoxy) is 2. The lowest BCUT2D eigenvalue weighted by molar-refractivity contribution is -0.148. The average Bonchev–Trinajstić information content (AvgIpc) is 2.80. The van der Waals surface area contributed by atoms with Crippen molar-refractivity contribution < 1.29 is 28.6 Å². The Labute approximate surface area is 202 Å². The van der Waals surface area contributed by atoms with Gasteiger partial charge in [-0.1, -0.05) is 93.8 Å². The molecule has 0 spiro atoms. The minimum absolute atomic E-state index is 0.198. The van der Waals surface area contributed by atoms with E-state index in [0.717, 1.165) is 17.5 Å². The van der Waals surface area contributed by atoms with Crippen LogP contribution < -0.4 is 5.32 Å². The Morgan fingerprint density at radius 3 is 2.03 bits per heavy atom. The number of hydrogen-bond acceptors (Lipinski definition) is 4. The number of amides is 1. The van der Waals surface area contributed by atoms with Crippen LogP contribution in [0.25, 0.3) is 0 Å². The molecule has 0 heterocycles. The molecule has 1 unspecified atom stereocenters. The summed E-state index contributed by atoms with van der Waals surface area (Å²) in [6.07, 6.45) is 1.74. The maximum absolute atomic E-state index is 13.5. The predicted octanol–water partition coefficient (Wildman–Crippen LogP) is 4.77. The van der Waals surface area contributed by atoms with Crippen LogP contribution in [0.5, 0.6) is 0 Å². The first-order valence-electron chi connectivity index (χ1n) is 11.8. The molecule has 186 valence electrons. The number of carbonyl (C=O) groups is 1. The van der Waals surface area contributed by atoms with Crippen LogP contribution in [0, 0.1) is 5.41 Å². The van der Waals surface area contributed by atoms with Crippen LogP contribution in [-0.4, -0.2) is 33.7 Å². The van der Waals surface area contributed by atoms with Crippen LogP contribution in [0.2, 0.25) is 0 Å². The van der Waals surface area contributed by atoms with Gasteiger partial charge in [-0.25, -0.2) is 0 Å². The van der Waals surface area contributed by atoms with E-state index < -0.39 is 30.3 Å². The Bertz CT molecular complexity index is 954. The molecule has 1 aliphatic rings. The van der Waals surface area contributed by atoms with E-state index in [1.54, 1.807) is 0 Å². The van der Waals surface area contributed by atoms with E-state index in [1.165, 1.54) is 0 Å². The van der Waals surface area contributed by atoms with Gasteiger partial charge in [0.2, 0.25) is 0 Å². The van der Waals surface area contributed by atoms with Crippen LogP contribution in [0.3, 0.4) is 0 Å². The zero-order valence-electron chi connectivity index (χ0n) is 20.0. The van der Waals surface area contributed by atoms with Crippen molar-refractivity contribution in [1.82, 2.24) is 5.32 Å². The SMILES string of the molecule is CC(C)(COCc1ccccc1)C(OCc1ccccc1)C(=O)NC1(P(=O)(O)O)CCCCC1. The van der Waals surface area contributed by atoms with Gasteiger partial charge in [0.25, 0.3) is 5.91 Å². The highest BCUT2D eigenvalue weighted by Crippen LogP contribution is 2.56. The molecule has 0 aromatic heterocycles. The van der Waals surface area contributed by atoms with E-state index in [4.69, 9.17) is 9.47 Å². The summed E-state index contributed by atoms with van der Waals surface area (Å²) in [4.78, 5) is 33.8. The summed E-state index contributed by atoms with van der Waals surface area (Å²) in [5.74, 6) is -0.519. The number of benzene rings is 2. The molecule has 0 bridgehead atoms. The van der Waals surface area contributed by atoms with Gasteiger partial charge in [-0.2, -0.15) is 0 Å². The molecule has 1 saturated carbocycles. The maximum atomic E-state index is 13.5. The highest BCUT2D eigenvalue weighted by atomic mass is 31.2. The molecule has 34 heavy (non-hydrogen) atoms. The van der Waals surface area contributed by atoms with Gasteiger partial charge in [0, 0.05) is 5.41 Å². The minimum Gasteiger partial charge on any atom is -0.376 e. The summed E-state index contributed by atoms with van der Waals surface area (Å²) >= 11 is 0. The maximum Gasteiger partial charge on any atom is 0.350 e. The third-order valence-corrected chi connectivity index (χ3v) is 8.06. The largest absolute Gasteiger partial charge is 0.376 e. The quantitative estimate of drug-likeness (QED) is 0.393. The van der Waals surface area contributed by atoms with Gasteiger partial charge in [-0.15, -0.1) is 0 Å². The molecular weight excluding hydrogens is 453 g/mol. The normalized spacial score (nSPS) is 17.2. The summed E-state index contributed by atoms with van der Waals surface area (Å²) in [5.41, 5.74) is 1.18. The van der Waals surface area contributed by atoms with Gasteiger partial charge in [-0.05, 0) is 24.0 Å². The molecule has 2 aromatic rings. The molecule has 3 N–H and O–H groups in total. The molecular formula is C26H36NO6P. The van der Waals surface area contributed by atoms with E-state index in [1.807, 2.05) is 74.5 Å². The third-order valence-electron chi connectivity index (χ3n) is 6.39. The molecule has 8 heteroatoms. The molecule has 7 nitrogen and oxygen atoms in total. The molecule has 1 amide bonds. The second kappa shape index (κ2) is 11.6. The topological polar surface area (TPSA) is 105 Å². The number of hydrogen-bond donors (Lipinski definition) is 3. The van der Waals surface area contributed by atoms with Crippen LogP contribution in [0.4, 0.5) is 0 Å². The van der Waals surface area contributed by atoms with Gasteiger partial charge in [0.05, 0.1) is 19.8 Å². The predicted molar refractivity (Wildman–Crippen MR) is 131 cm³/mol. The van der Waals surface area contributed by atoms with Crippen LogP contribution in [0.15, 0.2) is 60.7 Å². The summed E-state index contributed by atoms with van der Waals surface area (Å²) in [7, 11) is -4.57. The summed E-state index contributed by atoms with van der Waals surface area (Å²) in [6.45, 7) is 4.57. The van der Waals surface area contributed by atoms with Gasteiger partial charge in [0.1, 0.15) is 11.4 Å². The molecule has 1 atom stereocenters. The van der Waals surface area contributed by atoms with E-state index in [2.05, 4.69) is 5.32 Å². The van der Waals surface area contributed by atoms with Crippen molar-refractivity contribution in [1.29, 1.82) is 0 Å². The van der Waals surface area contributed by atoms with Crippen LogP contribution >= 0.6 is 7.60 Å². The molecule has 0 radical (unpaired) electrons. The second-order valence-electron chi connectivity index (χ2n) is 9.77. The fourth-order valence-electron chi connectivity index (χ4n) is 4.41. The lowest BCUT2D eigenvalue weighted by atomic mass is 9.85. The van der Waals surface area contributed by atoms with Crippen LogP contribution in [-0.2, 0) is 32.0 Å². The Hall–Kier alpha value is -2.02. The molecule has 0 aliphatic heterocycles. The van der Waals surface area contributed by atoms with E-state index >= 15 is 0 Å². The fraction of sp³-hybridized carbons (Fsp3) is 0.500. The average molecular weight is 490 g/mol. The molecule has 3 rings (SSSR count). The minimum atomic E-state index is -4.57. The van der Waals surface area contributed by atoms with E-state index in [-0.39, 0.29) is 26.1 Å². The number of rotatable bonds is 11. The van der Waals surface area contributed by atoms with Crippen molar-refractivity contribution in [2.45, 2.75) is 70.5 Å². The molecule has 2 aromatic carbocycles. The lowest BCUT2D eigenvalue weighted by Gasteiger charge is -2.41. The van der Waals surface area contributed by atoms with Crippen molar-refractivity contribution >= 4 is 13.5 Å². The van der Waals surface area contributed by atoms with Crippen molar-refractivity contribution in [2.24, 2.45) is 5.41 Å². The standard InChI is InChI=1S/C26H36NO6P/c1-25(2,20-32-18-21-12-6-3-7-13-21)23(33-19-22-14-8-4-9-15-22)24(28)27-26(34(29,30)31)16-10-5-11-17-26/h3-4,6-9,12-15,23H,5,10-11,16-20H2,1-2H3,(H,27,28)(H2,29,30,31). The lowest BCUT2D eigenvalue weighted by Crippen LogP contribution is -2.56. The van der Waals surface area contributed by atoms with Crippen LogP contribution in [0.1, 0.15) is 57.1 Å². The van der Waals surface area contributed by atoms with Crippen molar-refractivity contribution in [3.05, 3.63) is 71.8 Å². The first-order valence-corrected chi connectivity index (χ1v) is 13.4. The first kappa shape index (κ1) is 26.6.